The first-order chi connectivity index (χ1) is 9.79. The molecule has 0 saturated carbocycles. The molecule has 20 heavy (non-hydrogen) atoms. The highest BCUT2D eigenvalue weighted by molar-refractivity contribution is 5.77. The van der Waals surface area contributed by atoms with Gasteiger partial charge in [0, 0.05) is 32.4 Å². The largest absolute Gasteiger partial charge is 0.378 e. The summed E-state index contributed by atoms with van der Waals surface area (Å²) in [5.41, 5.74) is 0.979. The van der Waals surface area contributed by atoms with Gasteiger partial charge in [-0.3, -0.25) is 4.79 Å². The molecule has 1 aromatic heterocycles. The molecule has 1 fully saturated rings. The number of anilines is 1. The molecule has 0 bridgehead atoms. The third-order valence-corrected chi connectivity index (χ3v) is 3.07. The zero-order valence-corrected chi connectivity index (χ0v) is 11.8. The Labute approximate surface area is 119 Å². The van der Waals surface area contributed by atoms with Crippen LogP contribution in [0.2, 0.25) is 0 Å². The zero-order valence-electron chi connectivity index (χ0n) is 11.8. The van der Waals surface area contributed by atoms with Gasteiger partial charge in [-0.2, -0.15) is 0 Å². The molecule has 0 atom stereocenters. The summed E-state index contributed by atoms with van der Waals surface area (Å²) < 4.78 is 10.3. The van der Waals surface area contributed by atoms with Crippen LogP contribution in [0.4, 0.5) is 5.82 Å². The Morgan fingerprint density at radius 1 is 1.45 bits per heavy atom. The first-order valence-electron chi connectivity index (χ1n) is 6.91. The fraction of sp³-hybridized carbons (Fsp3) is 0.571. The maximum atomic E-state index is 11.4. The molecule has 6 nitrogen and oxygen atoms in total. The number of carbonyl (C=O) groups excluding carboxylic acids is 1. The molecular weight excluding hydrogens is 258 g/mol. The van der Waals surface area contributed by atoms with Crippen LogP contribution in [-0.2, 0) is 20.8 Å². The first-order valence-corrected chi connectivity index (χ1v) is 6.91. The second-order valence-corrected chi connectivity index (χ2v) is 4.54. The average Bonchev–Trinajstić information content (AvgIpc) is 2.52. The highest BCUT2D eigenvalue weighted by atomic mass is 16.5. The predicted octanol–water partition coefficient (Wildman–Crippen LogP) is 0.571. The summed E-state index contributed by atoms with van der Waals surface area (Å²) in [7, 11) is 0. The summed E-state index contributed by atoms with van der Waals surface area (Å²) in [6, 6.07) is 3.97. The number of rotatable bonds is 6. The number of pyridine rings is 1. The van der Waals surface area contributed by atoms with Gasteiger partial charge in [-0.05, 0) is 18.6 Å². The zero-order chi connectivity index (χ0) is 14.2. The quantitative estimate of drug-likeness (QED) is 0.825. The van der Waals surface area contributed by atoms with Gasteiger partial charge in [-0.1, -0.05) is 6.07 Å². The summed E-state index contributed by atoms with van der Waals surface area (Å²) in [5.74, 6) is 0.849. The van der Waals surface area contributed by atoms with E-state index in [9.17, 15) is 4.79 Å². The van der Waals surface area contributed by atoms with Crippen LogP contribution in [-0.4, -0.2) is 50.4 Å². The lowest BCUT2D eigenvalue weighted by Gasteiger charge is -2.27. The van der Waals surface area contributed by atoms with E-state index in [0.29, 0.717) is 13.2 Å². The third kappa shape index (κ3) is 4.47. The van der Waals surface area contributed by atoms with Crippen molar-refractivity contribution in [2.24, 2.45) is 0 Å². The van der Waals surface area contributed by atoms with Crippen LogP contribution < -0.4 is 10.2 Å². The van der Waals surface area contributed by atoms with Crippen LogP contribution >= 0.6 is 0 Å². The van der Waals surface area contributed by atoms with E-state index in [1.54, 1.807) is 6.20 Å². The number of aromatic nitrogens is 1. The van der Waals surface area contributed by atoms with Gasteiger partial charge in [0.25, 0.3) is 0 Å². The van der Waals surface area contributed by atoms with Crippen molar-refractivity contribution in [2.75, 3.05) is 44.4 Å². The lowest BCUT2D eigenvalue weighted by Crippen LogP contribution is -2.36. The molecule has 0 unspecified atom stereocenters. The molecular formula is C14H21N3O3. The Hall–Kier alpha value is -1.66. The van der Waals surface area contributed by atoms with E-state index in [1.807, 2.05) is 19.1 Å². The van der Waals surface area contributed by atoms with Crippen LogP contribution in [0.1, 0.15) is 12.5 Å². The van der Waals surface area contributed by atoms with Gasteiger partial charge in [0.2, 0.25) is 5.91 Å². The van der Waals surface area contributed by atoms with Crippen molar-refractivity contribution in [3.8, 4) is 0 Å². The summed E-state index contributed by atoms with van der Waals surface area (Å²) in [6.07, 6.45) is 1.80. The molecule has 1 aliphatic rings. The average molecular weight is 279 g/mol. The van der Waals surface area contributed by atoms with Crippen molar-refractivity contribution < 1.29 is 14.3 Å². The standard InChI is InChI=1S/C14H21N3O3/c1-2-19-11-14(18)16-10-12-3-4-13(15-9-12)17-5-7-20-8-6-17/h3-4,9H,2,5-8,10-11H2,1H3,(H,16,18). The second-order valence-electron chi connectivity index (χ2n) is 4.54. The number of carbonyl (C=O) groups is 1. The van der Waals surface area contributed by atoms with Crippen LogP contribution in [0.15, 0.2) is 18.3 Å². The third-order valence-electron chi connectivity index (χ3n) is 3.07. The smallest absolute Gasteiger partial charge is 0.246 e. The molecule has 1 N–H and O–H groups in total. The van der Waals surface area contributed by atoms with E-state index in [2.05, 4.69) is 15.2 Å². The van der Waals surface area contributed by atoms with E-state index >= 15 is 0 Å². The monoisotopic (exact) mass is 279 g/mol. The van der Waals surface area contributed by atoms with Crippen molar-refractivity contribution in [2.45, 2.75) is 13.5 Å². The molecule has 0 spiro atoms. The maximum Gasteiger partial charge on any atom is 0.246 e. The van der Waals surface area contributed by atoms with Crippen molar-refractivity contribution >= 4 is 11.7 Å². The van der Waals surface area contributed by atoms with Crippen molar-refractivity contribution in [3.05, 3.63) is 23.9 Å². The number of hydrogen-bond acceptors (Lipinski definition) is 5. The second kappa shape index (κ2) is 7.81. The fourth-order valence-corrected chi connectivity index (χ4v) is 1.95. The molecule has 1 amide bonds. The molecule has 110 valence electrons. The lowest BCUT2D eigenvalue weighted by atomic mass is 10.2. The molecule has 1 saturated heterocycles. The minimum absolute atomic E-state index is 0.107. The highest BCUT2D eigenvalue weighted by Gasteiger charge is 2.11. The van der Waals surface area contributed by atoms with Gasteiger partial charge in [-0.25, -0.2) is 4.98 Å². The number of nitrogens with zero attached hydrogens (tertiary/aromatic N) is 2. The number of amides is 1. The summed E-state index contributed by atoms with van der Waals surface area (Å²) >= 11 is 0. The topological polar surface area (TPSA) is 63.7 Å². The maximum absolute atomic E-state index is 11.4. The van der Waals surface area contributed by atoms with E-state index in [-0.39, 0.29) is 12.5 Å². The Morgan fingerprint density at radius 2 is 2.25 bits per heavy atom. The number of morpholine rings is 1. The van der Waals surface area contributed by atoms with Gasteiger partial charge >= 0.3 is 0 Å². The van der Waals surface area contributed by atoms with E-state index in [1.165, 1.54) is 0 Å². The van der Waals surface area contributed by atoms with E-state index in [0.717, 1.165) is 37.7 Å². The summed E-state index contributed by atoms with van der Waals surface area (Å²) in [5, 5.41) is 2.80. The molecule has 1 aliphatic heterocycles. The fourth-order valence-electron chi connectivity index (χ4n) is 1.95. The Balaban J connectivity index is 1.80. The van der Waals surface area contributed by atoms with Crippen LogP contribution in [0.3, 0.4) is 0 Å². The first kappa shape index (κ1) is 14.7. The van der Waals surface area contributed by atoms with Crippen molar-refractivity contribution in [3.63, 3.8) is 0 Å². The Bertz CT molecular complexity index is 416. The molecule has 6 heteroatoms. The van der Waals surface area contributed by atoms with Gasteiger partial charge < -0.3 is 19.7 Å². The number of nitrogens with one attached hydrogen (secondary N) is 1. The molecule has 0 aliphatic carbocycles. The van der Waals surface area contributed by atoms with Crippen molar-refractivity contribution in [1.82, 2.24) is 10.3 Å². The van der Waals surface area contributed by atoms with Crippen molar-refractivity contribution in [1.29, 1.82) is 0 Å². The van der Waals surface area contributed by atoms with Gasteiger partial charge in [-0.15, -0.1) is 0 Å². The Kier molecular flexibility index (Phi) is 5.76. The number of hydrogen-bond donors (Lipinski definition) is 1. The van der Waals surface area contributed by atoms with Gasteiger partial charge in [0.15, 0.2) is 0 Å². The predicted molar refractivity (Wildman–Crippen MR) is 75.6 cm³/mol. The molecule has 1 aromatic rings. The molecule has 2 rings (SSSR count). The number of ether oxygens (including phenoxy) is 2. The van der Waals surface area contributed by atoms with Gasteiger partial charge in [0.05, 0.1) is 13.2 Å². The molecule has 2 heterocycles. The van der Waals surface area contributed by atoms with E-state index < -0.39 is 0 Å². The summed E-state index contributed by atoms with van der Waals surface area (Å²) in [6.45, 7) is 6.23. The minimum Gasteiger partial charge on any atom is -0.378 e. The van der Waals surface area contributed by atoms with Crippen LogP contribution in [0.25, 0.3) is 0 Å². The SMILES string of the molecule is CCOCC(=O)NCc1ccc(N2CCOCC2)nc1. The van der Waals surface area contributed by atoms with Crippen LogP contribution in [0, 0.1) is 0 Å². The lowest BCUT2D eigenvalue weighted by molar-refractivity contribution is -0.125. The normalized spacial score (nSPS) is 15.2. The molecule has 0 aromatic carbocycles. The van der Waals surface area contributed by atoms with Gasteiger partial charge in [0.1, 0.15) is 12.4 Å². The minimum atomic E-state index is -0.107. The van der Waals surface area contributed by atoms with Crippen LogP contribution in [0.5, 0.6) is 0 Å². The molecule has 0 radical (unpaired) electrons. The Morgan fingerprint density at radius 3 is 2.90 bits per heavy atom. The summed E-state index contributed by atoms with van der Waals surface area (Å²) in [4.78, 5) is 18.0. The highest BCUT2D eigenvalue weighted by Crippen LogP contribution is 2.12. The van der Waals surface area contributed by atoms with E-state index in [4.69, 9.17) is 9.47 Å².